The zero-order valence-corrected chi connectivity index (χ0v) is 16.9. The summed E-state index contributed by atoms with van der Waals surface area (Å²) in [7, 11) is 0. The van der Waals surface area contributed by atoms with Crippen LogP contribution < -0.4 is 10.2 Å². The van der Waals surface area contributed by atoms with Gasteiger partial charge in [0.05, 0.1) is 5.92 Å². The molecule has 3 rings (SSSR count). The Balaban J connectivity index is 1.47. The number of nitrogens with zero attached hydrogens (tertiary/aromatic N) is 1. The molecule has 1 atom stereocenters. The molecule has 0 aliphatic carbocycles. The van der Waals surface area contributed by atoms with Gasteiger partial charge >= 0.3 is 5.97 Å². The molecule has 0 radical (unpaired) electrons. The van der Waals surface area contributed by atoms with E-state index in [9.17, 15) is 14.4 Å². The Bertz CT molecular complexity index is 898. The Labute approximate surface area is 174 Å². The van der Waals surface area contributed by atoms with Crippen LogP contribution in [-0.2, 0) is 32.1 Å². The average Bonchev–Trinajstić information content (AvgIpc) is 3.13. The average molecular weight is 415 g/mol. The Morgan fingerprint density at radius 3 is 2.59 bits per heavy atom. The maximum atomic E-state index is 12.3. The minimum absolute atomic E-state index is 0.0790. The van der Waals surface area contributed by atoms with Gasteiger partial charge in [-0.15, -0.1) is 0 Å². The van der Waals surface area contributed by atoms with Crippen molar-refractivity contribution < 1.29 is 19.1 Å². The summed E-state index contributed by atoms with van der Waals surface area (Å²) >= 11 is 6.04. The van der Waals surface area contributed by atoms with Crippen LogP contribution in [0.2, 0.25) is 5.02 Å². The van der Waals surface area contributed by atoms with E-state index in [4.69, 9.17) is 16.3 Å². The lowest BCUT2D eigenvalue weighted by Gasteiger charge is -2.17. The lowest BCUT2D eigenvalue weighted by molar-refractivity contribution is -0.152. The van der Waals surface area contributed by atoms with Crippen LogP contribution in [0.4, 0.5) is 5.69 Å². The summed E-state index contributed by atoms with van der Waals surface area (Å²) in [5.74, 6) is -1.67. The molecule has 1 saturated heterocycles. The van der Waals surface area contributed by atoms with Gasteiger partial charge in [0.15, 0.2) is 6.61 Å². The quantitative estimate of drug-likeness (QED) is 0.706. The van der Waals surface area contributed by atoms with Gasteiger partial charge in [0.25, 0.3) is 5.91 Å². The third-order valence-corrected chi connectivity index (χ3v) is 5.26. The Morgan fingerprint density at radius 1 is 1.17 bits per heavy atom. The van der Waals surface area contributed by atoms with Crippen molar-refractivity contribution >= 4 is 35.1 Å². The predicted octanol–water partition coefficient (Wildman–Crippen LogP) is 3.11. The molecule has 0 aromatic heterocycles. The van der Waals surface area contributed by atoms with Gasteiger partial charge < -0.3 is 15.0 Å². The predicted molar refractivity (Wildman–Crippen MR) is 111 cm³/mol. The van der Waals surface area contributed by atoms with Gasteiger partial charge in [-0.1, -0.05) is 48.9 Å². The summed E-state index contributed by atoms with van der Waals surface area (Å²) in [6.07, 6.45) is 0.997. The smallest absolute Gasteiger partial charge is 0.311 e. The Hall–Kier alpha value is -2.86. The molecule has 152 valence electrons. The number of hydrogen-bond donors (Lipinski definition) is 1. The maximum Gasteiger partial charge on any atom is 0.311 e. The summed E-state index contributed by atoms with van der Waals surface area (Å²) in [6, 6.07) is 14.9. The van der Waals surface area contributed by atoms with E-state index in [0.717, 1.165) is 17.7 Å². The van der Waals surface area contributed by atoms with Gasteiger partial charge in [-0.25, -0.2) is 0 Å². The van der Waals surface area contributed by atoms with E-state index in [1.54, 1.807) is 23.1 Å². The van der Waals surface area contributed by atoms with Gasteiger partial charge in [0.2, 0.25) is 5.91 Å². The zero-order chi connectivity index (χ0) is 20.8. The van der Waals surface area contributed by atoms with Crippen LogP contribution in [0.25, 0.3) is 0 Å². The monoisotopic (exact) mass is 414 g/mol. The topological polar surface area (TPSA) is 75.7 Å². The molecular weight excluding hydrogens is 392 g/mol. The van der Waals surface area contributed by atoms with Crippen molar-refractivity contribution in [3.8, 4) is 0 Å². The molecule has 1 aliphatic heterocycles. The van der Waals surface area contributed by atoms with Crippen LogP contribution >= 0.6 is 11.6 Å². The zero-order valence-electron chi connectivity index (χ0n) is 16.2. The minimum atomic E-state index is -0.579. The molecule has 0 saturated carbocycles. The Kier molecular flexibility index (Phi) is 6.88. The fourth-order valence-electron chi connectivity index (χ4n) is 3.17. The molecule has 1 aliphatic rings. The van der Waals surface area contributed by atoms with Crippen molar-refractivity contribution in [3.05, 3.63) is 64.7 Å². The molecule has 0 bridgehead atoms. The van der Waals surface area contributed by atoms with E-state index in [1.807, 2.05) is 30.3 Å². The lowest BCUT2D eigenvalue weighted by atomic mass is 10.1. The van der Waals surface area contributed by atoms with Gasteiger partial charge in [-0.2, -0.15) is 0 Å². The fourth-order valence-corrected chi connectivity index (χ4v) is 3.37. The fraction of sp³-hybridized carbons (Fsp3) is 0.318. The number of aryl methyl sites for hydroxylation is 1. The number of hydrogen-bond acceptors (Lipinski definition) is 4. The van der Waals surface area contributed by atoms with Crippen LogP contribution in [0, 0.1) is 5.92 Å². The van der Waals surface area contributed by atoms with Gasteiger partial charge in [-0.3, -0.25) is 14.4 Å². The van der Waals surface area contributed by atoms with E-state index in [0.29, 0.717) is 5.02 Å². The first-order chi connectivity index (χ1) is 14.0. The highest BCUT2D eigenvalue weighted by Crippen LogP contribution is 2.26. The lowest BCUT2D eigenvalue weighted by Crippen LogP contribution is -2.31. The van der Waals surface area contributed by atoms with E-state index >= 15 is 0 Å². The summed E-state index contributed by atoms with van der Waals surface area (Å²) < 4.78 is 5.11. The second kappa shape index (κ2) is 9.56. The molecule has 1 heterocycles. The highest BCUT2D eigenvalue weighted by atomic mass is 35.5. The largest absolute Gasteiger partial charge is 0.455 e. The van der Waals surface area contributed by atoms with Crippen LogP contribution in [0.3, 0.4) is 0 Å². The summed E-state index contributed by atoms with van der Waals surface area (Å²) in [6.45, 7) is 2.18. The molecule has 0 spiro atoms. The maximum absolute atomic E-state index is 12.3. The van der Waals surface area contributed by atoms with E-state index in [-0.39, 0.29) is 32.0 Å². The summed E-state index contributed by atoms with van der Waals surface area (Å²) in [4.78, 5) is 38.1. The molecule has 1 fully saturated rings. The number of amides is 2. The van der Waals surface area contributed by atoms with Gasteiger partial charge in [-0.05, 0) is 35.7 Å². The number of rotatable bonds is 7. The van der Waals surface area contributed by atoms with Gasteiger partial charge in [0, 0.05) is 30.2 Å². The molecule has 0 unspecified atom stereocenters. The first-order valence-electron chi connectivity index (χ1n) is 9.54. The number of esters is 1. The van der Waals surface area contributed by atoms with Crippen molar-refractivity contribution in [1.29, 1.82) is 0 Å². The number of ether oxygens (including phenoxy) is 1. The summed E-state index contributed by atoms with van der Waals surface area (Å²) in [5.41, 5.74) is 2.72. The first-order valence-corrected chi connectivity index (χ1v) is 9.91. The number of halogens is 1. The number of carbonyl (C=O) groups excluding carboxylic acids is 3. The molecule has 1 N–H and O–H groups in total. The van der Waals surface area contributed by atoms with Crippen molar-refractivity contribution in [3.63, 3.8) is 0 Å². The Morgan fingerprint density at radius 2 is 1.90 bits per heavy atom. The molecule has 2 amide bonds. The van der Waals surface area contributed by atoms with E-state index < -0.39 is 17.8 Å². The minimum Gasteiger partial charge on any atom is -0.455 e. The van der Waals surface area contributed by atoms with Gasteiger partial charge in [0.1, 0.15) is 0 Å². The number of anilines is 1. The highest BCUT2D eigenvalue weighted by molar-refractivity contribution is 6.31. The first kappa shape index (κ1) is 20.9. The van der Waals surface area contributed by atoms with Crippen LogP contribution in [-0.4, -0.2) is 30.9 Å². The third kappa shape index (κ3) is 5.35. The van der Waals surface area contributed by atoms with E-state index in [1.165, 1.54) is 5.56 Å². The number of nitrogens with one attached hydrogen (secondary N) is 1. The number of carbonyl (C=O) groups is 3. The van der Waals surface area contributed by atoms with E-state index in [2.05, 4.69) is 12.2 Å². The van der Waals surface area contributed by atoms with Crippen molar-refractivity contribution in [1.82, 2.24) is 5.32 Å². The van der Waals surface area contributed by atoms with Crippen LogP contribution in [0.1, 0.15) is 24.5 Å². The second-order valence-corrected chi connectivity index (χ2v) is 7.31. The van der Waals surface area contributed by atoms with Crippen molar-refractivity contribution in [2.45, 2.75) is 26.3 Å². The molecule has 2 aromatic rings. The number of benzene rings is 2. The molecule has 7 heteroatoms. The van der Waals surface area contributed by atoms with Crippen LogP contribution in [0.15, 0.2) is 48.5 Å². The van der Waals surface area contributed by atoms with Crippen molar-refractivity contribution in [2.24, 2.45) is 5.92 Å². The molecule has 29 heavy (non-hydrogen) atoms. The standard InChI is InChI=1S/C22H23ClN2O4/c1-2-15-7-9-18(10-8-15)25-13-17(11-21(25)27)22(28)29-14-20(26)24-12-16-5-3-4-6-19(16)23/h3-10,17H,2,11-14H2,1H3,(H,24,26)/t17-/m1/s1. The highest BCUT2D eigenvalue weighted by Gasteiger charge is 2.36. The second-order valence-electron chi connectivity index (χ2n) is 6.90. The van der Waals surface area contributed by atoms with Crippen LogP contribution in [0.5, 0.6) is 0 Å². The molecular formula is C22H23ClN2O4. The van der Waals surface area contributed by atoms with Crippen molar-refractivity contribution in [2.75, 3.05) is 18.1 Å². The molecule has 2 aromatic carbocycles. The normalized spacial score (nSPS) is 16.0. The third-order valence-electron chi connectivity index (χ3n) is 4.89. The summed E-state index contributed by atoms with van der Waals surface area (Å²) in [5, 5.41) is 3.22. The molecule has 6 nitrogen and oxygen atoms in total. The SMILES string of the molecule is CCc1ccc(N2C[C@H](C(=O)OCC(=O)NCc3ccccc3Cl)CC2=O)cc1.